The molecule has 0 aliphatic heterocycles. The summed E-state index contributed by atoms with van der Waals surface area (Å²) in [7, 11) is 0. The van der Waals surface area contributed by atoms with Gasteiger partial charge >= 0.3 is 0 Å². The molecule has 0 aromatic carbocycles. The van der Waals surface area contributed by atoms with Gasteiger partial charge in [-0.1, -0.05) is 19.1 Å². The molecule has 0 spiro atoms. The number of aromatic nitrogens is 1. The van der Waals surface area contributed by atoms with E-state index in [0.29, 0.717) is 4.99 Å². The Bertz CT molecular complexity index is 271. The Balaban J connectivity index is 3.01. The van der Waals surface area contributed by atoms with Crippen molar-refractivity contribution >= 4 is 17.2 Å². The lowest BCUT2D eigenvalue weighted by Gasteiger charge is -1.99. The lowest BCUT2D eigenvalue weighted by atomic mass is 10.2. The predicted octanol–water partition coefficient (Wildman–Crippen LogP) is 1.28. The molecule has 0 unspecified atom stereocenters. The summed E-state index contributed by atoms with van der Waals surface area (Å²) >= 11 is 4.82. The van der Waals surface area contributed by atoms with Crippen LogP contribution >= 0.6 is 12.2 Å². The number of hydrogen-bond donors (Lipinski definition) is 1. The second-order valence-corrected chi connectivity index (χ2v) is 2.69. The molecule has 0 aliphatic carbocycles. The van der Waals surface area contributed by atoms with Gasteiger partial charge < -0.3 is 5.73 Å². The van der Waals surface area contributed by atoms with Crippen molar-refractivity contribution in [3.05, 3.63) is 29.6 Å². The zero-order valence-electron chi connectivity index (χ0n) is 6.37. The molecule has 1 aromatic rings. The van der Waals surface area contributed by atoms with Crippen LogP contribution in [0.4, 0.5) is 0 Å². The smallest absolute Gasteiger partial charge is 0.104 e. The highest BCUT2D eigenvalue weighted by atomic mass is 33.0. The molecule has 0 aliphatic rings. The van der Waals surface area contributed by atoms with E-state index >= 15 is 0 Å². The highest BCUT2D eigenvalue weighted by molar-refractivity contribution is 7.80. The molecule has 11 heavy (non-hydrogen) atoms. The number of thiocarbonyl (C=S) groups is 1. The van der Waals surface area contributed by atoms with Gasteiger partial charge in [0.2, 0.25) is 0 Å². The molecule has 0 saturated heterocycles. The first kappa shape index (κ1) is 8.14. The molecule has 0 bridgehead atoms. The highest BCUT2D eigenvalue weighted by Crippen LogP contribution is 2.01. The maximum atomic E-state index is 5.44. The number of hydrogen-bond acceptors (Lipinski definition) is 2. The predicted molar refractivity (Wildman–Crippen MR) is 49.5 cm³/mol. The Morgan fingerprint density at radius 3 is 3.00 bits per heavy atom. The van der Waals surface area contributed by atoms with Gasteiger partial charge in [0, 0.05) is 17.5 Å². The minimum absolute atomic E-state index is 0.433. The molecule has 2 nitrogen and oxygen atoms in total. The van der Waals surface area contributed by atoms with Crippen LogP contribution in [0.3, 0.4) is 0 Å². The molecule has 3 heteroatoms. The van der Waals surface area contributed by atoms with Gasteiger partial charge in [0.1, 0.15) is 4.99 Å². The third kappa shape index (κ3) is 1.98. The number of pyridine rings is 1. The van der Waals surface area contributed by atoms with Crippen LogP contribution in [-0.2, 0) is 6.42 Å². The van der Waals surface area contributed by atoms with E-state index < -0.39 is 0 Å². The van der Waals surface area contributed by atoms with Gasteiger partial charge in [-0.15, -0.1) is 0 Å². The fraction of sp³-hybridized carbons (Fsp3) is 0.250. The summed E-state index contributed by atoms with van der Waals surface area (Å²) in [5, 5.41) is 0. The second-order valence-electron chi connectivity index (χ2n) is 2.25. The Morgan fingerprint density at radius 1 is 1.73 bits per heavy atom. The van der Waals surface area contributed by atoms with Crippen LogP contribution in [0, 0.1) is 0 Å². The lowest BCUT2D eigenvalue weighted by Crippen LogP contribution is -2.09. The van der Waals surface area contributed by atoms with Crippen molar-refractivity contribution in [1.82, 2.24) is 4.98 Å². The van der Waals surface area contributed by atoms with E-state index in [2.05, 4.69) is 4.98 Å². The van der Waals surface area contributed by atoms with Crippen LogP contribution in [0.2, 0.25) is 0 Å². The molecular formula is C8H10N2S. The topological polar surface area (TPSA) is 38.9 Å². The summed E-state index contributed by atoms with van der Waals surface area (Å²) in [5.41, 5.74) is 7.36. The van der Waals surface area contributed by atoms with E-state index in [1.165, 1.54) is 0 Å². The van der Waals surface area contributed by atoms with Gasteiger partial charge in [0.05, 0.1) is 0 Å². The normalized spacial score (nSPS) is 9.55. The van der Waals surface area contributed by atoms with Crippen LogP contribution in [0.25, 0.3) is 0 Å². The van der Waals surface area contributed by atoms with Crippen LogP contribution in [0.15, 0.2) is 18.3 Å². The van der Waals surface area contributed by atoms with Crippen molar-refractivity contribution in [2.75, 3.05) is 0 Å². The van der Waals surface area contributed by atoms with Crippen LogP contribution in [-0.4, -0.2) is 9.97 Å². The number of aryl methyl sites for hydroxylation is 1. The molecule has 0 atom stereocenters. The number of rotatable bonds is 2. The molecule has 0 radical (unpaired) electrons. The summed E-state index contributed by atoms with van der Waals surface area (Å²) in [6.45, 7) is 2.05. The molecule has 1 rings (SSSR count). The molecule has 1 aromatic heterocycles. The molecule has 58 valence electrons. The van der Waals surface area contributed by atoms with E-state index in [1.54, 1.807) is 6.20 Å². The van der Waals surface area contributed by atoms with E-state index in [-0.39, 0.29) is 0 Å². The maximum Gasteiger partial charge on any atom is 0.104 e. The fourth-order valence-corrected chi connectivity index (χ4v) is 0.952. The summed E-state index contributed by atoms with van der Waals surface area (Å²) in [6, 6.07) is 3.74. The minimum Gasteiger partial charge on any atom is -0.389 e. The average molecular weight is 167 g/mol. The summed E-state index contributed by atoms with van der Waals surface area (Å²) in [4.78, 5) is 4.56. The Morgan fingerprint density at radius 2 is 2.45 bits per heavy atom. The highest BCUT2D eigenvalue weighted by Gasteiger charge is 1.96. The maximum absolute atomic E-state index is 5.44. The zero-order chi connectivity index (χ0) is 8.27. The van der Waals surface area contributed by atoms with Gasteiger partial charge in [-0.25, -0.2) is 0 Å². The Labute approximate surface area is 71.4 Å². The third-order valence-electron chi connectivity index (χ3n) is 1.46. The first-order chi connectivity index (χ1) is 5.24. The van der Waals surface area contributed by atoms with Crippen LogP contribution in [0.1, 0.15) is 18.2 Å². The molecule has 1 heterocycles. The van der Waals surface area contributed by atoms with E-state index in [4.69, 9.17) is 18.0 Å². The second kappa shape index (κ2) is 3.44. The Kier molecular flexibility index (Phi) is 2.54. The van der Waals surface area contributed by atoms with Crippen molar-refractivity contribution in [2.45, 2.75) is 13.3 Å². The summed E-state index contributed by atoms with van der Waals surface area (Å²) < 4.78 is 0. The summed E-state index contributed by atoms with van der Waals surface area (Å²) in [5.74, 6) is 0. The lowest BCUT2D eigenvalue weighted by molar-refractivity contribution is 1.03. The zero-order valence-corrected chi connectivity index (χ0v) is 7.19. The van der Waals surface area contributed by atoms with Gasteiger partial charge in [-0.2, -0.15) is 0 Å². The van der Waals surface area contributed by atoms with Gasteiger partial charge in [0.25, 0.3) is 0 Å². The van der Waals surface area contributed by atoms with Crippen molar-refractivity contribution in [1.29, 1.82) is 0 Å². The first-order valence-corrected chi connectivity index (χ1v) is 3.89. The average Bonchev–Trinajstić information content (AvgIpc) is 2.05. The standard InChI is InChI=1S/C8H10N2S/c1-2-7-5-6(8(9)11)3-4-10-7/h3-5H,2H2,1H3,(H2,9,11)/i11+1. The van der Waals surface area contributed by atoms with Gasteiger partial charge in [-0.05, 0) is 18.6 Å². The molecule has 0 amide bonds. The number of nitrogens with two attached hydrogens (primary N) is 1. The third-order valence-corrected chi connectivity index (χ3v) is 1.70. The van der Waals surface area contributed by atoms with E-state index in [0.717, 1.165) is 17.7 Å². The monoisotopic (exact) mass is 167 g/mol. The van der Waals surface area contributed by atoms with Crippen LogP contribution in [0.5, 0.6) is 0 Å². The Hall–Kier alpha value is -0.960. The molecular weight excluding hydrogens is 157 g/mol. The van der Waals surface area contributed by atoms with Crippen molar-refractivity contribution in [2.24, 2.45) is 5.73 Å². The first-order valence-electron chi connectivity index (χ1n) is 3.48. The van der Waals surface area contributed by atoms with Crippen molar-refractivity contribution < 1.29 is 0 Å². The molecule has 0 saturated carbocycles. The fourth-order valence-electron chi connectivity index (χ4n) is 0.825. The van der Waals surface area contributed by atoms with Crippen molar-refractivity contribution in [3.63, 3.8) is 0 Å². The minimum atomic E-state index is 0.433. The SMILES string of the molecule is CCc1cc(C(N)=[33S])ccn1. The molecule has 0 fully saturated rings. The summed E-state index contributed by atoms with van der Waals surface area (Å²) in [6.07, 6.45) is 2.64. The largest absolute Gasteiger partial charge is 0.389 e. The quantitative estimate of drug-likeness (QED) is 0.674. The molecule has 2 N–H and O–H groups in total. The van der Waals surface area contributed by atoms with E-state index in [1.807, 2.05) is 19.1 Å². The van der Waals surface area contributed by atoms with Crippen LogP contribution < -0.4 is 5.73 Å². The van der Waals surface area contributed by atoms with Gasteiger partial charge in [0.15, 0.2) is 0 Å². The van der Waals surface area contributed by atoms with Gasteiger partial charge in [-0.3, -0.25) is 4.98 Å². The number of nitrogens with zero attached hydrogens (tertiary/aromatic N) is 1. The van der Waals surface area contributed by atoms with Crippen molar-refractivity contribution in [3.8, 4) is 0 Å². The van der Waals surface area contributed by atoms with E-state index in [9.17, 15) is 0 Å².